The Morgan fingerprint density at radius 1 is 1.44 bits per heavy atom. The fourth-order valence-corrected chi connectivity index (χ4v) is 2.54. The van der Waals surface area contributed by atoms with Crippen molar-refractivity contribution in [1.82, 2.24) is 5.01 Å². The van der Waals surface area contributed by atoms with Crippen LogP contribution >= 0.6 is 0 Å². The number of hydrogen-bond acceptors (Lipinski definition) is 5. The highest BCUT2D eigenvalue weighted by atomic mass is 16.6. The van der Waals surface area contributed by atoms with Gasteiger partial charge in [0.15, 0.2) is 5.78 Å². The van der Waals surface area contributed by atoms with E-state index in [1.807, 2.05) is 20.8 Å². The molecule has 0 spiro atoms. The van der Waals surface area contributed by atoms with Gasteiger partial charge in [0.25, 0.3) is 5.69 Å². The Bertz CT molecular complexity index is 706. The summed E-state index contributed by atoms with van der Waals surface area (Å²) in [7, 11) is 0. The van der Waals surface area contributed by atoms with Crippen molar-refractivity contribution in [3.8, 4) is 0 Å². The summed E-state index contributed by atoms with van der Waals surface area (Å²) in [5.74, 6) is -0.0913. The number of hydrogen-bond donors (Lipinski definition) is 0. The number of nitro benzene ring substituents is 1. The molecule has 0 fully saturated rings. The Balaban J connectivity index is 3.45. The third-order valence-electron chi connectivity index (χ3n) is 3.77. The van der Waals surface area contributed by atoms with Crippen LogP contribution in [0.25, 0.3) is 6.08 Å². The van der Waals surface area contributed by atoms with E-state index in [1.54, 1.807) is 31.3 Å². The van der Waals surface area contributed by atoms with Gasteiger partial charge < -0.3 is 0 Å². The van der Waals surface area contributed by atoms with Crippen LogP contribution < -0.4 is 0 Å². The molecule has 0 saturated carbocycles. The molecule has 6 heteroatoms. The Kier molecular flexibility index (Phi) is 7.23. The number of non-ortho nitro benzene ring substituents is 1. The molecule has 0 aromatic heterocycles. The molecule has 0 saturated heterocycles. The van der Waals surface area contributed by atoms with E-state index >= 15 is 0 Å². The highest BCUT2D eigenvalue weighted by Crippen LogP contribution is 2.30. The number of carbonyl (C=O) groups excluding carboxylic acids is 1. The average molecular weight is 343 g/mol. The van der Waals surface area contributed by atoms with Crippen LogP contribution in [0.3, 0.4) is 0 Å². The molecule has 6 nitrogen and oxygen atoms in total. The molecule has 134 valence electrons. The summed E-state index contributed by atoms with van der Waals surface area (Å²) in [6, 6.07) is 6.14. The summed E-state index contributed by atoms with van der Waals surface area (Å²) in [5, 5.41) is 16.5. The van der Waals surface area contributed by atoms with Crippen LogP contribution in [0.1, 0.15) is 46.1 Å². The predicted molar refractivity (Wildman–Crippen MR) is 101 cm³/mol. The highest BCUT2D eigenvalue weighted by molar-refractivity contribution is 6.02. The van der Waals surface area contributed by atoms with Crippen LogP contribution in [0.2, 0.25) is 0 Å². The molecule has 1 aromatic rings. The zero-order valence-corrected chi connectivity index (χ0v) is 15.2. The van der Waals surface area contributed by atoms with E-state index in [4.69, 9.17) is 0 Å². The van der Waals surface area contributed by atoms with E-state index in [2.05, 4.69) is 11.7 Å². The molecule has 0 amide bonds. The summed E-state index contributed by atoms with van der Waals surface area (Å²) in [5.41, 5.74) is 0.277. The molecule has 0 bridgehead atoms. The first-order valence-corrected chi connectivity index (χ1v) is 8.18. The first-order valence-electron chi connectivity index (χ1n) is 8.18. The molecule has 1 rings (SSSR count). The average Bonchev–Trinajstić information content (AvgIpc) is 2.57. The topological polar surface area (TPSA) is 75.8 Å². The molecule has 0 unspecified atom stereocenters. The van der Waals surface area contributed by atoms with Gasteiger partial charge in [-0.15, -0.1) is 0 Å². The first kappa shape index (κ1) is 20.3. The standard InChI is InChI=1S/C19H25N3O3/c1-6-12-19(4,5)18(23)17(21(8-3)20-7-2)14-15-10-9-11-16(13-15)22(24)25/h7-11,13-14H,3,6,12H2,1-2,4-5H3/b17-14-,20-7-. The molecule has 25 heavy (non-hydrogen) atoms. The molecule has 0 aliphatic heterocycles. The van der Waals surface area contributed by atoms with Gasteiger partial charge >= 0.3 is 0 Å². The zero-order chi connectivity index (χ0) is 19.0. The first-order chi connectivity index (χ1) is 11.8. The van der Waals surface area contributed by atoms with Crippen LogP contribution in [-0.4, -0.2) is 21.9 Å². The number of rotatable bonds is 9. The number of allylic oxidation sites excluding steroid dienone is 1. The maximum absolute atomic E-state index is 13.1. The summed E-state index contributed by atoms with van der Waals surface area (Å²) in [4.78, 5) is 23.6. The number of carbonyl (C=O) groups is 1. The van der Waals surface area contributed by atoms with Crippen LogP contribution in [-0.2, 0) is 4.79 Å². The van der Waals surface area contributed by atoms with E-state index in [9.17, 15) is 14.9 Å². The Morgan fingerprint density at radius 2 is 2.12 bits per heavy atom. The fourth-order valence-electron chi connectivity index (χ4n) is 2.54. The second-order valence-corrected chi connectivity index (χ2v) is 6.25. The maximum atomic E-state index is 13.1. The largest absolute Gasteiger partial charge is 0.292 e. The summed E-state index contributed by atoms with van der Waals surface area (Å²) in [6.07, 6.45) is 6.21. The number of benzene rings is 1. The third kappa shape index (κ3) is 5.38. The van der Waals surface area contributed by atoms with Crippen LogP contribution in [0.15, 0.2) is 47.8 Å². The fraction of sp³-hybridized carbons (Fsp3) is 0.368. The molecule has 0 atom stereocenters. The van der Waals surface area contributed by atoms with Crippen molar-refractivity contribution in [1.29, 1.82) is 0 Å². The lowest BCUT2D eigenvalue weighted by Crippen LogP contribution is -2.30. The number of nitro groups is 1. The second-order valence-electron chi connectivity index (χ2n) is 6.25. The Labute approximate surface area is 148 Å². The molecule has 0 heterocycles. The lowest BCUT2D eigenvalue weighted by atomic mass is 9.81. The van der Waals surface area contributed by atoms with Gasteiger partial charge in [0.05, 0.1) is 4.92 Å². The number of hydrazone groups is 1. The van der Waals surface area contributed by atoms with E-state index in [1.165, 1.54) is 23.3 Å². The lowest BCUT2D eigenvalue weighted by molar-refractivity contribution is -0.384. The zero-order valence-electron chi connectivity index (χ0n) is 15.2. The van der Waals surface area contributed by atoms with Gasteiger partial charge in [0.2, 0.25) is 0 Å². The SMILES string of the molecule is C=CN(/N=C\C)/C(=C\c1cccc([N+](=O)[O-])c1)C(=O)C(C)(C)CCC. The van der Waals surface area contributed by atoms with Crippen LogP contribution in [0.4, 0.5) is 5.69 Å². The number of nitrogens with zero attached hydrogens (tertiary/aromatic N) is 3. The normalized spacial score (nSPS) is 12.2. The third-order valence-corrected chi connectivity index (χ3v) is 3.77. The summed E-state index contributed by atoms with van der Waals surface area (Å²) >= 11 is 0. The van der Waals surface area contributed by atoms with E-state index in [0.29, 0.717) is 11.3 Å². The smallest absolute Gasteiger partial charge is 0.270 e. The Hall–Kier alpha value is -2.76. The van der Waals surface area contributed by atoms with Gasteiger partial charge in [0, 0.05) is 30.0 Å². The molecule has 0 aliphatic rings. The van der Waals surface area contributed by atoms with Crippen molar-refractivity contribution in [3.63, 3.8) is 0 Å². The monoisotopic (exact) mass is 343 g/mol. The van der Waals surface area contributed by atoms with Gasteiger partial charge in [-0.3, -0.25) is 14.9 Å². The predicted octanol–water partition coefficient (Wildman–Crippen LogP) is 4.78. The molecular formula is C19H25N3O3. The summed E-state index contributed by atoms with van der Waals surface area (Å²) in [6.45, 7) is 11.2. The van der Waals surface area contributed by atoms with Crippen molar-refractivity contribution in [3.05, 3.63) is 58.4 Å². The van der Waals surface area contributed by atoms with Gasteiger partial charge in [-0.05, 0) is 25.0 Å². The quantitative estimate of drug-likeness (QED) is 0.280. The van der Waals surface area contributed by atoms with Crippen LogP contribution in [0.5, 0.6) is 0 Å². The minimum absolute atomic E-state index is 0.0301. The second kappa shape index (κ2) is 8.92. The maximum Gasteiger partial charge on any atom is 0.270 e. The van der Waals surface area contributed by atoms with Gasteiger partial charge in [-0.2, -0.15) is 5.10 Å². The van der Waals surface area contributed by atoms with E-state index in [-0.39, 0.29) is 11.5 Å². The minimum atomic E-state index is -0.578. The van der Waals surface area contributed by atoms with Crippen molar-refractivity contribution >= 4 is 23.8 Å². The molecule has 0 aliphatic carbocycles. The summed E-state index contributed by atoms with van der Waals surface area (Å²) < 4.78 is 0. The van der Waals surface area contributed by atoms with Crippen molar-refractivity contribution in [2.45, 2.75) is 40.5 Å². The number of ketones is 1. The van der Waals surface area contributed by atoms with Crippen LogP contribution in [0, 0.1) is 15.5 Å². The van der Waals surface area contributed by atoms with Crippen molar-refractivity contribution in [2.75, 3.05) is 0 Å². The Morgan fingerprint density at radius 3 is 2.64 bits per heavy atom. The van der Waals surface area contributed by atoms with Crippen molar-refractivity contribution in [2.24, 2.45) is 10.5 Å². The van der Waals surface area contributed by atoms with Crippen molar-refractivity contribution < 1.29 is 9.72 Å². The minimum Gasteiger partial charge on any atom is -0.292 e. The number of Topliss-reactive ketones (excluding diaryl/α,β-unsaturated/α-hetero) is 1. The van der Waals surface area contributed by atoms with Gasteiger partial charge in [-0.25, -0.2) is 5.01 Å². The lowest BCUT2D eigenvalue weighted by Gasteiger charge is -2.27. The van der Waals surface area contributed by atoms with E-state index < -0.39 is 10.3 Å². The molecule has 0 N–H and O–H groups in total. The molecule has 0 radical (unpaired) electrons. The molecular weight excluding hydrogens is 318 g/mol. The van der Waals surface area contributed by atoms with Gasteiger partial charge in [-0.1, -0.05) is 45.9 Å². The van der Waals surface area contributed by atoms with E-state index in [0.717, 1.165) is 12.8 Å². The molecule has 1 aromatic carbocycles. The highest BCUT2D eigenvalue weighted by Gasteiger charge is 2.31. The van der Waals surface area contributed by atoms with Gasteiger partial charge in [0.1, 0.15) is 5.70 Å².